The molecule has 2 aliphatic rings. The average molecular weight is 570 g/mol. The molecule has 1 aliphatic carbocycles. The van der Waals surface area contributed by atoms with Crippen molar-refractivity contribution in [2.45, 2.75) is 49.3 Å². The maximum Gasteiger partial charge on any atom is 0.250 e. The maximum absolute atomic E-state index is 12.6. The fraction of sp³-hybridized carbons (Fsp3) is 0.684. The SMILES string of the molecule is CCNC(=NCCNS(=O)(=O)c1cccs1)NC1CCN(C(=O)C2CCCC2)C1.I. The molecule has 170 valence electrons. The van der Waals surface area contributed by atoms with Crippen molar-refractivity contribution in [1.82, 2.24) is 20.3 Å². The van der Waals surface area contributed by atoms with Gasteiger partial charge in [-0.3, -0.25) is 9.79 Å². The number of hydrogen-bond donors (Lipinski definition) is 3. The van der Waals surface area contributed by atoms with Gasteiger partial charge in [0, 0.05) is 38.1 Å². The number of sulfonamides is 1. The Morgan fingerprint density at radius 3 is 2.73 bits per heavy atom. The van der Waals surface area contributed by atoms with E-state index in [-0.39, 0.29) is 42.5 Å². The van der Waals surface area contributed by atoms with Crippen molar-refractivity contribution < 1.29 is 13.2 Å². The van der Waals surface area contributed by atoms with Gasteiger partial charge in [-0.15, -0.1) is 35.3 Å². The highest BCUT2D eigenvalue weighted by Gasteiger charge is 2.32. The highest BCUT2D eigenvalue weighted by molar-refractivity contribution is 14.0. The Labute approximate surface area is 200 Å². The van der Waals surface area contributed by atoms with Gasteiger partial charge in [-0.1, -0.05) is 18.9 Å². The number of likely N-dealkylation sites (tertiary alicyclic amines) is 1. The molecule has 0 spiro atoms. The van der Waals surface area contributed by atoms with Crippen LogP contribution >= 0.6 is 35.3 Å². The quantitative estimate of drug-likeness (QED) is 0.192. The predicted octanol–water partition coefficient (Wildman–Crippen LogP) is 1.99. The van der Waals surface area contributed by atoms with Crippen LogP contribution in [0.15, 0.2) is 26.7 Å². The van der Waals surface area contributed by atoms with Crippen LogP contribution in [0.4, 0.5) is 0 Å². The number of thiophene rings is 1. The van der Waals surface area contributed by atoms with Crippen LogP contribution in [0.3, 0.4) is 0 Å². The van der Waals surface area contributed by atoms with E-state index in [1.54, 1.807) is 17.5 Å². The zero-order valence-electron chi connectivity index (χ0n) is 17.3. The Kier molecular flexibility index (Phi) is 10.3. The van der Waals surface area contributed by atoms with Crippen LogP contribution in [0.1, 0.15) is 39.0 Å². The molecule has 0 radical (unpaired) electrons. The van der Waals surface area contributed by atoms with Gasteiger partial charge in [0.15, 0.2) is 5.96 Å². The van der Waals surface area contributed by atoms with Crippen LogP contribution in [0.25, 0.3) is 0 Å². The van der Waals surface area contributed by atoms with Crippen molar-refractivity contribution in [2.24, 2.45) is 10.9 Å². The summed E-state index contributed by atoms with van der Waals surface area (Å²) in [6.07, 6.45) is 5.28. The molecule has 2 heterocycles. The lowest BCUT2D eigenvalue weighted by atomic mass is 10.1. The van der Waals surface area contributed by atoms with E-state index >= 15 is 0 Å². The zero-order chi connectivity index (χ0) is 20.7. The van der Waals surface area contributed by atoms with E-state index in [2.05, 4.69) is 20.3 Å². The Hall–Kier alpha value is -0.920. The van der Waals surface area contributed by atoms with Gasteiger partial charge in [-0.05, 0) is 37.6 Å². The van der Waals surface area contributed by atoms with Crippen molar-refractivity contribution in [1.29, 1.82) is 0 Å². The van der Waals surface area contributed by atoms with Crippen molar-refractivity contribution in [3.8, 4) is 0 Å². The molecule has 1 saturated carbocycles. The minimum Gasteiger partial charge on any atom is -0.357 e. The van der Waals surface area contributed by atoms with Gasteiger partial charge in [0.1, 0.15) is 4.21 Å². The fourth-order valence-corrected chi connectivity index (χ4v) is 5.92. The van der Waals surface area contributed by atoms with Gasteiger partial charge in [0.25, 0.3) is 0 Å². The molecule has 1 saturated heterocycles. The molecule has 1 aliphatic heterocycles. The van der Waals surface area contributed by atoms with Crippen LogP contribution in [0.2, 0.25) is 0 Å². The lowest BCUT2D eigenvalue weighted by Gasteiger charge is -2.21. The number of rotatable bonds is 8. The standard InChI is InChI=1S/C19H31N5O3S2.HI/c1-2-20-19(21-10-11-22-29(26,27)17-8-5-13-28-17)23-16-9-12-24(14-16)18(25)15-6-3-4-7-15;/h5,8,13,15-16,22H,2-4,6-7,9-12,14H2,1H3,(H2,20,21,23);1H. The van der Waals surface area contributed by atoms with E-state index in [9.17, 15) is 13.2 Å². The van der Waals surface area contributed by atoms with Crippen molar-refractivity contribution >= 4 is 57.2 Å². The van der Waals surface area contributed by atoms with E-state index in [0.717, 1.165) is 25.8 Å². The molecule has 3 N–H and O–H groups in total. The number of guanidine groups is 1. The first-order valence-corrected chi connectivity index (χ1v) is 12.7. The Balaban J connectivity index is 0.00000320. The van der Waals surface area contributed by atoms with Crippen molar-refractivity contribution in [2.75, 3.05) is 32.7 Å². The topological polar surface area (TPSA) is 103 Å². The molecule has 8 nitrogen and oxygen atoms in total. The number of carbonyl (C=O) groups is 1. The van der Waals surface area contributed by atoms with E-state index in [1.807, 2.05) is 11.8 Å². The third kappa shape index (κ3) is 7.06. The molecule has 11 heteroatoms. The summed E-state index contributed by atoms with van der Waals surface area (Å²) in [5, 5.41) is 8.32. The number of amides is 1. The largest absolute Gasteiger partial charge is 0.357 e. The van der Waals surface area contributed by atoms with Gasteiger partial charge in [-0.2, -0.15) is 0 Å². The highest BCUT2D eigenvalue weighted by atomic mass is 127. The average Bonchev–Trinajstić information content (AvgIpc) is 3.47. The summed E-state index contributed by atoms with van der Waals surface area (Å²) in [5.74, 6) is 1.17. The van der Waals surface area contributed by atoms with Crippen LogP contribution in [0.5, 0.6) is 0 Å². The minimum atomic E-state index is -3.46. The van der Waals surface area contributed by atoms with Crippen LogP contribution in [-0.2, 0) is 14.8 Å². The molecule has 1 aromatic rings. The van der Waals surface area contributed by atoms with Crippen molar-refractivity contribution in [3.63, 3.8) is 0 Å². The van der Waals surface area contributed by atoms with Gasteiger partial charge >= 0.3 is 0 Å². The molecule has 3 rings (SSSR count). The van der Waals surface area contributed by atoms with Gasteiger partial charge in [0.2, 0.25) is 15.9 Å². The second-order valence-corrected chi connectivity index (χ2v) is 10.4. The molecular weight excluding hydrogens is 537 g/mol. The Morgan fingerprint density at radius 2 is 2.07 bits per heavy atom. The van der Waals surface area contributed by atoms with E-state index in [1.165, 1.54) is 24.2 Å². The maximum atomic E-state index is 12.6. The second-order valence-electron chi connectivity index (χ2n) is 7.49. The summed E-state index contributed by atoms with van der Waals surface area (Å²) >= 11 is 1.19. The second kappa shape index (κ2) is 12.2. The molecule has 0 aromatic carbocycles. The first kappa shape index (κ1) is 25.3. The number of carbonyl (C=O) groups excluding carboxylic acids is 1. The summed E-state index contributed by atoms with van der Waals surface area (Å²) in [4.78, 5) is 19.0. The molecule has 30 heavy (non-hydrogen) atoms. The number of nitrogens with zero attached hydrogens (tertiary/aromatic N) is 2. The molecule has 0 bridgehead atoms. The highest BCUT2D eigenvalue weighted by Crippen LogP contribution is 2.27. The summed E-state index contributed by atoms with van der Waals surface area (Å²) in [6.45, 7) is 4.74. The Morgan fingerprint density at radius 1 is 1.30 bits per heavy atom. The zero-order valence-corrected chi connectivity index (χ0v) is 21.3. The number of halogens is 1. The number of aliphatic imine (C=N–C) groups is 1. The lowest BCUT2D eigenvalue weighted by molar-refractivity contribution is -0.134. The predicted molar refractivity (Wildman–Crippen MR) is 131 cm³/mol. The summed E-state index contributed by atoms with van der Waals surface area (Å²) in [6, 6.07) is 3.47. The molecule has 1 amide bonds. The molecular formula is C19H32IN5O3S2. The smallest absolute Gasteiger partial charge is 0.250 e. The molecule has 1 aromatic heterocycles. The van der Waals surface area contributed by atoms with Gasteiger partial charge in [0.05, 0.1) is 6.54 Å². The van der Waals surface area contributed by atoms with Crippen LogP contribution < -0.4 is 15.4 Å². The van der Waals surface area contributed by atoms with Crippen molar-refractivity contribution in [3.05, 3.63) is 17.5 Å². The summed E-state index contributed by atoms with van der Waals surface area (Å²) < 4.78 is 27.1. The minimum absolute atomic E-state index is 0. The van der Waals surface area contributed by atoms with Gasteiger partial charge in [-0.25, -0.2) is 13.1 Å². The summed E-state index contributed by atoms with van der Waals surface area (Å²) in [5.41, 5.74) is 0. The van der Waals surface area contributed by atoms with E-state index < -0.39 is 10.0 Å². The van der Waals surface area contributed by atoms with E-state index in [4.69, 9.17) is 0 Å². The monoisotopic (exact) mass is 569 g/mol. The van der Waals surface area contributed by atoms with Crippen LogP contribution in [-0.4, -0.2) is 64.0 Å². The third-order valence-corrected chi connectivity index (χ3v) is 8.18. The Bertz CT molecular complexity index is 795. The molecule has 1 unspecified atom stereocenters. The lowest BCUT2D eigenvalue weighted by Crippen LogP contribution is -2.45. The first-order chi connectivity index (χ1) is 14.0. The molecule has 1 atom stereocenters. The number of hydrogen-bond acceptors (Lipinski definition) is 5. The van der Waals surface area contributed by atoms with E-state index in [0.29, 0.717) is 35.7 Å². The normalized spacial score (nSPS) is 20.2. The van der Waals surface area contributed by atoms with Crippen LogP contribution in [0, 0.1) is 5.92 Å². The number of nitrogens with one attached hydrogen (secondary N) is 3. The third-order valence-electron chi connectivity index (χ3n) is 5.32. The summed E-state index contributed by atoms with van der Waals surface area (Å²) in [7, 11) is -3.46. The fourth-order valence-electron chi connectivity index (χ4n) is 3.86. The molecule has 2 fully saturated rings. The first-order valence-electron chi connectivity index (χ1n) is 10.4. The van der Waals surface area contributed by atoms with Gasteiger partial charge < -0.3 is 15.5 Å².